The van der Waals surface area contributed by atoms with Crippen LogP contribution in [0.5, 0.6) is 0 Å². The molecule has 0 unspecified atom stereocenters. The Kier molecular flexibility index (Phi) is 4.81. The van der Waals surface area contributed by atoms with Gasteiger partial charge in [0.25, 0.3) is 0 Å². The van der Waals surface area contributed by atoms with E-state index in [1.165, 1.54) is 0 Å². The summed E-state index contributed by atoms with van der Waals surface area (Å²) in [6.45, 7) is 3.86. The van der Waals surface area contributed by atoms with Crippen molar-refractivity contribution in [2.75, 3.05) is 19.7 Å². The number of nitrogens with zero attached hydrogens (tertiary/aromatic N) is 2. The lowest BCUT2D eigenvalue weighted by atomic mass is 9.90. The molecule has 6 nitrogen and oxygen atoms in total. The van der Waals surface area contributed by atoms with Crippen molar-refractivity contribution in [1.29, 1.82) is 0 Å². The predicted molar refractivity (Wildman–Crippen MR) is 91.4 cm³/mol. The van der Waals surface area contributed by atoms with Gasteiger partial charge in [-0.2, -0.15) is 0 Å². The third-order valence-electron chi connectivity index (χ3n) is 5.11. The van der Waals surface area contributed by atoms with Gasteiger partial charge < -0.3 is 14.5 Å². The first-order valence-corrected chi connectivity index (χ1v) is 8.81. The Bertz CT molecular complexity index is 689. The van der Waals surface area contributed by atoms with Gasteiger partial charge in [-0.15, -0.1) is 0 Å². The van der Waals surface area contributed by atoms with E-state index in [1.807, 2.05) is 30.5 Å². The first-order valence-electron chi connectivity index (χ1n) is 8.81. The molecule has 1 N–H and O–H groups in total. The minimum atomic E-state index is 0.0637. The van der Waals surface area contributed by atoms with Crippen LogP contribution < -0.4 is 5.32 Å². The van der Waals surface area contributed by atoms with Gasteiger partial charge in [0.05, 0.1) is 31.2 Å². The Labute approximate surface area is 147 Å². The Hall–Kier alpha value is -2.18. The van der Waals surface area contributed by atoms with E-state index < -0.39 is 0 Å². The molecule has 2 aromatic heterocycles. The molecule has 0 bridgehead atoms. The molecule has 4 heterocycles. The van der Waals surface area contributed by atoms with Gasteiger partial charge in [-0.25, -0.2) is 0 Å². The molecule has 25 heavy (non-hydrogen) atoms. The maximum Gasteiger partial charge on any atom is 0.220 e. The number of ether oxygens (including phenoxy) is 1. The minimum Gasteiger partial charge on any atom is -0.467 e. The highest BCUT2D eigenvalue weighted by atomic mass is 16.5. The molecule has 132 valence electrons. The molecular weight excluding hydrogens is 318 g/mol. The van der Waals surface area contributed by atoms with E-state index >= 15 is 0 Å². The van der Waals surface area contributed by atoms with Gasteiger partial charge in [0.2, 0.25) is 5.91 Å². The second-order valence-electron chi connectivity index (χ2n) is 6.87. The van der Waals surface area contributed by atoms with Gasteiger partial charge in [-0.3, -0.25) is 14.7 Å². The summed E-state index contributed by atoms with van der Waals surface area (Å²) in [5, 5.41) is 2.93. The normalized spacial score (nSPS) is 25.8. The van der Waals surface area contributed by atoms with Gasteiger partial charge in [-0.05, 0) is 30.2 Å². The number of aromatic nitrogens is 1. The van der Waals surface area contributed by atoms with Crippen LogP contribution in [0.1, 0.15) is 17.9 Å². The maximum absolute atomic E-state index is 12.2. The summed E-state index contributed by atoms with van der Waals surface area (Å²) >= 11 is 0. The van der Waals surface area contributed by atoms with Crippen LogP contribution >= 0.6 is 0 Å². The number of hydrogen-bond donors (Lipinski definition) is 1. The van der Waals surface area contributed by atoms with Crippen LogP contribution in [0.4, 0.5) is 0 Å². The molecule has 0 radical (unpaired) electrons. The van der Waals surface area contributed by atoms with Crippen LogP contribution in [0.25, 0.3) is 0 Å². The summed E-state index contributed by atoms with van der Waals surface area (Å²) in [5.41, 5.74) is 1.08. The quantitative estimate of drug-likeness (QED) is 0.868. The molecule has 2 aliphatic heterocycles. The number of rotatable bonds is 6. The van der Waals surface area contributed by atoms with Crippen LogP contribution in [-0.4, -0.2) is 41.6 Å². The number of fused-ring (bicyclic) bond motifs is 1. The topological polar surface area (TPSA) is 67.6 Å². The average molecular weight is 341 g/mol. The van der Waals surface area contributed by atoms with Gasteiger partial charge in [0.1, 0.15) is 5.76 Å². The zero-order chi connectivity index (χ0) is 17.1. The molecule has 0 spiro atoms. The molecule has 4 rings (SSSR count). The number of furan rings is 1. The Morgan fingerprint density at radius 1 is 1.28 bits per heavy atom. The summed E-state index contributed by atoms with van der Waals surface area (Å²) in [5.74, 6) is 1.55. The molecule has 2 aliphatic rings. The molecular formula is C19H23N3O3. The molecule has 3 atom stereocenters. The van der Waals surface area contributed by atoms with Crippen LogP contribution in [0, 0.1) is 11.8 Å². The number of carbonyl (C=O) groups is 1. The molecule has 6 heteroatoms. The lowest BCUT2D eigenvalue weighted by Gasteiger charge is -2.19. The lowest BCUT2D eigenvalue weighted by Crippen LogP contribution is -2.29. The fraction of sp³-hybridized carbons (Fsp3) is 0.474. The molecule has 0 saturated carbocycles. The van der Waals surface area contributed by atoms with Crippen molar-refractivity contribution in [3.63, 3.8) is 0 Å². The Balaban J connectivity index is 1.27. The van der Waals surface area contributed by atoms with Crippen molar-refractivity contribution in [3.05, 3.63) is 54.2 Å². The monoisotopic (exact) mass is 341 g/mol. The highest BCUT2D eigenvalue weighted by Gasteiger charge is 2.44. The standard InChI is InChI=1S/C19H23N3O3/c23-19(21-9-16-5-3-7-24-16)8-14-13-25-18-12-22(11-17(14)18)10-15-4-1-2-6-20-15/h1-7,14,17-18H,8-13H2,(H,21,23)/t14-,17+,18+/m1/s1. The van der Waals surface area contributed by atoms with Gasteiger partial charge >= 0.3 is 0 Å². The third kappa shape index (κ3) is 3.91. The number of hydrogen-bond acceptors (Lipinski definition) is 5. The summed E-state index contributed by atoms with van der Waals surface area (Å²) < 4.78 is 11.2. The summed E-state index contributed by atoms with van der Waals surface area (Å²) in [6.07, 6.45) is 4.20. The van der Waals surface area contributed by atoms with E-state index in [-0.39, 0.29) is 17.9 Å². The summed E-state index contributed by atoms with van der Waals surface area (Å²) in [7, 11) is 0. The van der Waals surface area contributed by atoms with Crippen molar-refractivity contribution in [1.82, 2.24) is 15.2 Å². The van der Waals surface area contributed by atoms with E-state index in [4.69, 9.17) is 9.15 Å². The lowest BCUT2D eigenvalue weighted by molar-refractivity contribution is -0.122. The van der Waals surface area contributed by atoms with Crippen molar-refractivity contribution in [3.8, 4) is 0 Å². The summed E-state index contributed by atoms with van der Waals surface area (Å²) in [6, 6.07) is 9.69. The highest BCUT2D eigenvalue weighted by Crippen LogP contribution is 2.35. The largest absolute Gasteiger partial charge is 0.467 e. The SMILES string of the molecule is O=C(C[C@@H]1CO[C@H]2CN(Cc3ccccn3)C[C@@H]12)NCc1ccco1. The Morgan fingerprint density at radius 2 is 2.24 bits per heavy atom. The van der Waals surface area contributed by atoms with E-state index in [2.05, 4.69) is 21.3 Å². The van der Waals surface area contributed by atoms with E-state index in [1.54, 1.807) is 6.26 Å². The van der Waals surface area contributed by atoms with Crippen molar-refractivity contribution in [2.24, 2.45) is 11.8 Å². The molecule has 1 amide bonds. The van der Waals surface area contributed by atoms with Crippen molar-refractivity contribution in [2.45, 2.75) is 25.6 Å². The fourth-order valence-corrected chi connectivity index (χ4v) is 3.85. The second kappa shape index (κ2) is 7.37. The number of amides is 1. The van der Waals surface area contributed by atoms with Crippen LogP contribution in [0.15, 0.2) is 47.2 Å². The van der Waals surface area contributed by atoms with Gasteiger partial charge in [0, 0.05) is 38.2 Å². The number of carbonyl (C=O) groups excluding carboxylic acids is 1. The van der Waals surface area contributed by atoms with E-state index in [0.29, 0.717) is 25.5 Å². The van der Waals surface area contributed by atoms with Crippen LogP contribution in [0.3, 0.4) is 0 Å². The molecule has 2 aromatic rings. The molecule has 0 aliphatic carbocycles. The minimum absolute atomic E-state index is 0.0637. The first kappa shape index (κ1) is 16.3. The first-order chi connectivity index (χ1) is 12.3. The van der Waals surface area contributed by atoms with E-state index in [0.717, 1.165) is 31.1 Å². The molecule has 0 aromatic carbocycles. The Morgan fingerprint density at radius 3 is 3.04 bits per heavy atom. The summed E-state index contributed by atoms with van der Waals surface area (Å²) in [4.78, 5) is 19.0. The average Bonchev–Trinajstić information content (AvgIpc) is 3.33. The van der Waals surface area contributed by atoms with E-state index in [9.17, 15) is 4.79 Å². The van der Waals surface area contributed by atoms with Crippen LogP contribution in [0.2, 0.25) is 0 Å². The van der Waals surface area contributed by atoms with Gasteiger partial charge in [-0.1, -0.05) is 6.07 Å². The number of pyridine rings is 1. The van der Waals surface area contributed by atoms with Gasteiger partial charge in [0.15, 0.2) is 0 Å². The van der Waals surface area contributed by atoms with Crippen LogP contribution in [-0.2, 0) is 22.6 Å². The molecule has 2 fully saturated rings. The van der Waals surface area contributed by atoms with Crippen molar-refractivity contribution >= 4 is 5.91 Å². The predicted octanol–water partition coefficient (Wildman–Crippen LogP) is 1.83. The second-order valence-corrected chi connectivity index (χ2v) is 6.87. The van der Waals surface area contributed by atoms with Crippen molar-refractivity contribution < 1.29 is 13.9 Å². The zero-order valence-corrected chi connectivity index (χ0v) is 14.1. The number of likely N-dealkylation sites (tertiary alicyclic amines) is 1. The highest BCUT2D eigenvalue weighted by molar-refractivity contribution is 5.76. The third-order valence-corrected chi connectivity index (χ3v) is 5.11. The molecule has 2 saturated heterocycles. The fourth-order valence-electron chi connectivity index (χ4n) is 3.85. The number of nitrogens with one attached hydrogen (secondary N) is 1. The zero-order valence-electron chi connectivity index (χ0n) is 14.1. The smallest absolute Gasteiger partial charge is 0.220 e. The maximum atomic E-state index is 12.2.